The molecule has 7 heteroatoms. The molecule has 0 aliphatic carbocycles. The molecule has 1 heterocycles. The molecule has 0 N–H and O–H groups in total. The van der Waals surface area contributed by atoms with Crippen molar-refractivity contribution in [2.24, 2.45) is 0 Å². The third-order valence-electron chi connectivity index (χ3n) is 3.83. The Morgan fingerprint density at radius 1 is 1.23 bits per heavy atom. The van der Waals surface area contributed by atoms with Gasteiger partial charge in [-0.3, -0.25) is 0 Å². The van der Waals surface area contributed by atoms with Crippen LogP contribution in [0, 0.1) is 6.92 Å². The zero-order valence-electron chi connectivity index (χ0n) is 14.1. The highest BCUT2D eigenvalue weighted by Gasteiger charge is 2.21. The van der Waals surface area contributed by atoms with Gasteiger partial charge in [0.25, 0.3) is 0 Å². The summed E-state index contributed by atoms with van der Waals surface area (Å²) in [6, 6.07) is 8.78. The van der Waals surface area contributed by atoms with E-state index in [2.05, 4.69) is 15.9 Å². The van der Waals surface area contributed by atoms with Crippen LogP contribution in [0.25, 0.3) is 11.0 Å². The molecule has 2 aromatic carbocycles. The van der Waals surface area contributed by atoms with Crippen LogP contribution in [0.5, 0.6) is 5.75 Å². The van der Waals surface area contributed by atoms with Crippen molar-refractivity contribution >= 4 is 56.1 Å². The first-order valence-corrected chi connectivity index (χ1v) is 9.42. The molecule has 4 nitrogen and oxygen atoms in total. The van der Waals surface area contributed by atoms with Crippen LogP contribution >= 0.6 is 39.1 Å². The molecule has 0 aliphatic heterocycles. The standard InChI is InChI=1S/C19H15BrCl2O4/c1-3-24-19(23)18-10(2)26-16-8-13(20)17(7-11(16)18)25-9-12-14(21)5-4-6-15(12)22/h4-8H,3,9H2,1-2H3. The quantitative estimate of drug-likeness (QED) is 0.406. The molecule has 0 bridgehead atoms. The Kier molecular flexibility index (Phi) is 5.80. The molecular weight excluding hydrogens is 443 g/mol. The van der Waals surface area contributed by atoms with Crippen molar-refractivity contribution in [1.82, 2.24) is 0 Å². The summed E-state index contributed by atoms with van der Waals surface area (Å²) < 4.78 is 17.4. The van der Waals surface area contributed by atoms with Crippen LogP contribution in [-0.4, -0.2) is 12.6 Å². The number of halogens is 3. The maximum Gasteiger partial charge on any atom is 0.342 e. The topological polar surface area (TPSA) is 48.7 Å². The molecular formula is C19H15BrCl2O4. The van der Waals surface area contributed by atoms with Gasteiger partial charge in [-0.15, -0.1) is 0 Å². The maximum absolute atomic E-state index is 12.2. The van der Waals surface area contributed by atoms with E-state index in [0.29, 0.717) is 48.1 Å². The first-order chi connectivity index (χ1) is 12.4. The molecule has 0 radical (unpaired) electrons. The van der Waals surface area contributed by atoms with E-state index in [1.54, 1.807) is 44.2 Å². The predicted octanol–water partition coefficient (Wildman–Crippen LogP) is 6.57. The summed E-state index contributed by atoms with van der Waals surface area (Å²) >= 11 is 15.8. The number of esters is 1. The highest BCUT2D eigenvalue weighted by atomic mass is 79.9. The van der Waals surface area contributed by atoms with Crippen LogP contribution in [-0.2, 0) is 11.3 Å². The Balaban J connectivity index is 1.97. The van der Waals surface area contributed by atoms with Crippen LogP contribution in [0.4, 0.5) is 0 Å². The van der Waals surface area contributed by atoms with Gasteiger partial charge in [0, 0.05) is 21.0 Å². The SMILES string of the molecule is CCOC(=O)c1c(C)oc2cc(Br)c(OCc3c(Cl)cccc3Cl)cc12. The van der Waals surface area contributed by atoms with Crippen molar-refractivity contribution < 1.29 is 18.7 Å². The smallest absolute Gasteiger partial charge is 0.342 e. The Morgan fingerprint density at radius 2 is 1.92 bits per heavy atom. The number of hydrogen-bond donors (Lipinski definition) is 0. The number of hydrogen-bond acceptors (Lipinski definition) is 4. The molecule has 0 atom stereocenters. The van der Waals surface area contributed by atoms with Gasteiger partial charge in [-0.1, -0.05) is 29.3 Å². The summed E-state index contributed by atoms with van der Waals surface area (Å²) in [6.07, 6.45) is 0. The molecule has 136 valence electrons. The van der Waals surface area contributed by atoms with E-state index in [-0.39, 0.29) is 13.2 Å². The third-order valence-corrected chi connectivity index (χ3v) is 5.16. The summed E-state index contributed by atoms with van der Waals surface area (Å²) in [5.41, 5.74) is 1.66. The summed E-state index contributed by atoms with van der Waals surface area (Å²) in [5.74, 6) is 0.614. The minimum absolute atomic E-state index is 0.189. The number of furan rings is 1. The van der Waals surface area contributed by atoms with Crippen LogP contribution in [0.15, 0.2) is 39.2 Å². The average molecular weight is 458 g/mol. The molecule has 0 fully saturated rings. The van der Waals surface area contributed by atoms with Gasteiger partial charge in [0.1, 0.15) is 29.3 Å². The lowest BCUT2D eigenvalue weighted by atomic mass is 10.1. The highest BCUT2D eigenvalue weighted by Crippen LogP contribution is 2.36. The monoisotopic (exact) mass is 456 g/mol. The Morgan fingerprint density at radius 3 is 2.58 bits per heavy atom. The minimum atomic E-state index is -0.425. The largest absolute Gasteiger partial charge is 0.488 e. The molecule has 0 aliphatic rings. The van der Waals surface area contributed by atoms with Crippen LogP contribution < -0.4 is 4.74 Å². The normalized spacial score (nSPS) is 11.0. The van der Waals surface area contributed by atoms with E-state index < -0.39 is 5.97 Å². The van der Waals surface area contributed by atoms with E-state index in [4.69, 9.17) is 37.1 Å². The summed E-state index contributed by atoms with van der Waals surface area (Å²) in [5, 5.41) is 1.69. The van der Waals surface area contributed by atoms with Gasteiger partial charge in [-0.05, 0) is 54.0 Å². The zero-order chi connectivity index (χ0) is 18.8. The van der Waals surface area contributed by atoms with Crippen LogP contribution in [0.2, 0.25) is 10.0 Å². The van der Waals surface area contributed by atoms with Crippen molar-refractivity contribution in [2.45, 2.75) is 20.5 Å². The van der Waals surface area contributed by atoms with Crippen molar-refractivity contribution in [3.05, 3.63) is 61.7 Å². The van der Waals surface area contributed by atoms with E-state index in [1.165, 1.54) is 0 Å². The molecule has 0 saturated heterocycles. The second-order valence-electron chi connectivity index (χ2n) is 5.52. The van der Waals surface area contributed by atoms with Gasteiger partial charge < -0.3 is 13.9 Å². The van der Waals surface area contributed by atoms with Crippen molar-refractivity contribution in [3.8, 4) is 5.75 Å². The molecule has 0 unspecified atom stereocenters. The summed E-state index contributed by atoms with van der Waals surface area (Å²) in [4.78, 5) is 12.2. The van der Waals surface area contributed by atoms with Crippen molar-refractivity contribution in [1.29, 1.82) is 0 Å². The van der Waals surface area contributed by atoms with Gasteiger partial charge in [-0.2, -0.15) is 0 Å². The van der Waals surface area contributed by atoms with Gasteiger partial charge in [0.2, 0.25) is 0 Å². The first-order valence-electron chi connectivity index (χ1n) is 7.87. The Hall–Kier alpha value is -1.69. The predicted molar refractivity (Wildman–Crippen MR) is 105 cm³/mol. The second-order valence-corrected chi connectivity index (χ2v) is 7.19. The van der Waals surface area contributed by atoms with E-state index in [9.17, 15) is 4.79 Å². The fourth-order valence-electron chi connectivity index (χ4n) is 2.61. The molecule has 1 aromatic heterocycles. The van der Waals surface area contributed by atoms with Gasteiger partial charge in [-0.25, -0.2) is 4.79 Å². The molecule has 3 aromatic rings. The number of ether oxygens (including phenoxy) is 2. The summed E-state index contributed by atoms with van der Waals surface area (Å²) in [7, 11) is 0. The lowest BCUT2D eigenvalue weighted by Gasteiger charge is -2.11. The first kappa shape index (κ1) is 19.1. The number of carbonyl (C=O) groups excluding carboxylic acids is 1. The van der Waals surface area contributed by atoms with Gasteiger partial charge in [0.05, 0.1) is 11.1 Å². The fourth-order valence-corrected chi connectivity index (χ4v) is 3.55. The second kappa shape index (κ2) is 7.91. The van der Waals surface area contributed by atoms with E-state index in [1.807, 2.05) is 0 Å². The van der Waals surface area contributed by atoms with Gasteiger partial charge >= 0.3 is 5.97 Å². The van der Waals surface area contributed by atoms with E-state index >= 15 is 0 Å². The number of carbonyl (C=O) groups is 1. The van der Waals surface area contributed by atoms with E-state index in [0.717, 1.165) is 0 Å². The Labute approximate surface area is 169 Å². The lowest BCUT2D eigenvalue weighted by molar-refractivity contribution is 0.0526. The highest BCUT2D eigenvalue weighted by molar-refractivity contribution is 9.10. The van der Waals surface area contributed by atoms with Crippen LogP contribution in [0.1, 0.15) is 28.6 Å². The average Bonchev–Trinajstić information content (AvgIpc) is 2.89. The number of aryl methyl sites for hydroxylation is 1. The van der Waals surface area contributed by atoms with Crippen molar-refractivity contribution in [3.63, 3.8) is 0 Å². The van der Waals surface area contributed by atoms with Gasteiger partial charge in [0.15, 0.2) is 0 Å². The molecule has 0 spiro atoms. The number of fused-ring (bicyclic) bond motifs is 1. The molecule has 0 amide bonds. The fraction of sp³-hybridized carbons (Fsp3) is 0.211. The zero-order valence-corrected chi connectivity index (χ0v) is 17.2. The number of benzene rings is 2. The molecule has 3 rings (SSSR count). The lowest BCUT2D eigenvalue weighted by Crippen LogP contribution is -2.05. The molecule has 0 saturated carbocycles. The number of rotatable bonds is 5. The van der Waals surface area contributed by atoms with Crippen molar-refractivity contribution in [2.75, 3.05) is 6.61 Å². The third kappa shape index (κ3) is 3.70. The summed E-state index contributed by atoms with van der Waals surface area (Å²) in [6.45, 7) is 3.96. The minimum Gasteiger partial charge on any atom is -0.488 e. The Bertz CT molecular complexity index is 961. The molecule has 26 heavy (non-hydrogen) atoms. The van der Waals surface area contributed by atoms with Crippen LogP contribution in [0.3, 0.4) is 0 Å². The maximum atomic E-state index is 12.2.